The molecule has 10 aromatic rings. The SMILES string of the molecule is C1=Cc2c(n(-c3ccc(-c4c(-c5ccccc5)cccc4-c4ccccc4)cc3C3=NC(c4ccccc4)=NC(c4ccccc4)N3)c3cc4oc5ccccc5c4cc23)CC1. The second kappa shape index (κ2) is 14.9. The first kappa shape index (κ1) is 35.9. The number of rotatable bonds is 7. The number of nitrogens with zero attached hydrogens (tertiary/aromatic N) is 3. The lowest BCUT2D eigenvalue weighted by Crippen LogP contribution is -2.34. The van der Waals surface area contributed by atoms with Crippen LogP contribution in [-0.2, 0) is 6.42 Å². The van der Waals surface area contributed by atoms with Crippen molar-refractivity contribution in [1.29, 1.82) is 0 Å². The molecule has 0 fully saturated rings. The summed E-state index contributed by atoms with van der Waals surface area (Å²) >= 11 is 0. The van der Waals surface area contributed by atoms with Gasteiger partial charge < -0.3 is 14.3 Å². The van der Waals surface area contributed by atoms with Gasteiger partial charge in [-0.05, 0) is 76.1 Å². The third-order valence-corrected chi connectivity index (χ3v) is 12.3. The maximum atomic E-state index is 6.56. The Bertz CT molecular complexity index is 3360. The van der Waals surface area contributed by atoms with Gasteiger partial charge in [0.1, 0.15) is 23.2 Å². The molecule has 62 heavy (non-hydrogen) atoms. The third kappa shape index (κ3) is 6.09. The van der Waals surface area contributed by atoms with E-state index in [9.17, 15) is 0 Å². The zero-order valence-corrected chi connectivity index (χ0v) is 33.9. The molecule has 0 amide bonds. The van der Waals surface area contributed by atoms with Crippen molar-refractivity contribution in [3.8, 4) is 39.1 Å². The molecule has 0 spiro atoms. The predicted molar refractivity (Wildman–Crippen MR) is 256 cm³/mol. The normalized spacial score (nSPS) is 14.7. The summed E-state index contributed by atoms with van der Waals surface area (Å²) in [5, 5.41) is 7.31. The molecule has 8 aromatic carbocycles. The van der Waals surface area contributed by atoms with E-state index in [1.807, 2.05) is 18.2 Å². The van der Waals surface area contributed by atoms with Crippen LogP contribution in [0.4, 0.5) is 0 Å². The Morgan fingerprint density at radius 3 is 1.92 bits per heavy atom. The molecule has 3 heterocycles. The van der Waals surface area contributed by atoms with Gasteiger partial charge in [0, 0.05) is 44.6 Å². The van der Waals surface area contributed by atoms with Crippen LogP contribution in [0, 0.1) is 0 Å². The van der Waals surface area contributed by atoms with Gasteiger partial charge in [0.2, 0.25) is 0 Å². The molecular formula is C57H40N4O. The highest BCUT2D eigenvalue weighted by molar-refractivity contribution is 6.16. The van der Waals surface area contributed by atoms with E-state index in [2.05, 4.69) is 198 Å². The average molecular weight is 797 g/mol. The number of para-hydroxylation sites is 1. The van der Waals surface area contributed by atoms with Gasteiger partial charge >= 0.3 is 0 Å². The van der Waals surface area contributed by atoms with Gasteiger partial charge in [-0.3, -0.25) is 0 Å². The molecular weight excluding hydrogens is 757 g/mol. The van der Waals surface area contributed by atoms with Gasteiger partial charge in [-0.2, -0.15) is 0 Å². The molecule has 0 bridgehead atoms. The minimum absolute atomic E-state index is 0.361. The molecule has 294 valence electrons. The monoisotopic (exact) mass is 796 g/mol. The highest BCUT2D eigenvalue weighted by Gasteiger charge is 2.28. The second-order valence-electron chi connectivity index (χ2n) is 16.0. The maximum absolute atomic E-state index is 6.56. The van der Waals surface area contributed by atoms with Crippen LogP contribution in [-0.4, -0.2) is 16.2 Å². The van der Waals surface area contributed by atoms with E-state index in [1.165, 1.54) is 27.8 Å². The smallest absolute Gasteiger partial charge is 0.159 e. The Balaban J connectivity index is 1.16. The fourth-order valence-electron chi connectivity index (χ4n) is 9.48. The van der Waals surface area contributed by atoms with Gasteiger partial charge in [0.15, 0.2) is 5.84 Å². The van der Waals surface area contributed by atoms with Gasteiger partial charge in [-0.15, -0.1) is 0 Å². The molecule has 0 saturated carbocycles. The maximum Gasteiger partial charge on any atom is 0.159 e. The van der Waals surface area contributed by atoms with E-state index in [-0.39, 0.29) is 6.17 Å². The number of hydrogen-bond donors (Lipinski definition) is 1. The summed E-state index contributed by atoms with van der Waals surface area (Å²) in [5.74, 6) is 1.44. The van der Waals surface area contributed by atoms with Gasteiger partial charge in [0.05, 0.1) is 11.2 Å². The molecule has 1 atom stereocenters. The van der Waals surface area contributed by atoms with E-state index >= 15 is 0 Å². The van der Waals surface area contributed by atoms with Crippen molar-refractivity contribution in [3.63, 3.8) is 0 Å². The molecule has 5 nitrogen and oxygen atoms in total. The first-order valence-electron chi connectivity index (χ1n) is 21.3. The van der Waals surface area contributed by atoms with Crippen LogP contribution in [0.1, 0.15) is 40.5 Å². The number of amidine groups is 2. The molecule has 1 aliphatic heterocycles. The number of nitrogens with one attached hydrogen (secondary N) is 1. The van der Waals surface area contributed by atoms with Crippen LogP contribution in [0.15, 0.2) is 215 Å². The van der Waals surface area contributed by atoms with Crippen molar-refractivity contribution >= 4 is 50.6 Å². The topological polar surface area (TPSA) is 54.8 Å². The lowest BCUT2D eigenvalue weighted by atomic mass is 9.86. The van der Waals surface area contributed by atoms with Crippen molar-refractivity contribution in [2.75, 3.05) is 0 Å². The number of furan rings is 1. The Kier molecular flexibility index (Phi) is 8.63. The van der Waals surface area contributed by atoms with E-state index in [0.717, 1.165) is 90.8 Å². The van der Waals surface area contributed by atoms with Gasteiger partial charge in [-0.25, -0.2) is 9.98 Å². The Labute approximate surface area is 359 Å². The quantitative estimate of drug-likeness (QED) is 0.175. The Hall–Kier alpha value is -8.02. The van der Waals surface area contributed by atoms with Crippen molar-refractivity contribution < 1.29 is 4.42 Å². The predicted octanol–water partition coefficient (Wildman–Crippen LogP) is 14.0. The summed E-state index contributed by atoms with van der Waals surface area (Å²) in [6, 6.07) is 68.7. The molecule has 0 saturated heterocycles. The summed E-state index contributed by atoms with van der Waals surface area (Å²) in [7, 11) is 0. The van der Waals surface area contributed by atoms with E-state index in [0.29, 0.717) is 5.84 Å². The minimum Gasteiger partial charge on any atom is -0.456 e. The largest absolute Gasteiger partial charge is 0.456 e. The summed E-state index contributed by atoms with van der Waals surface area (Å²) < 4.78 is 9.03. The van der Waals surface area contributed by atoms with Crippen LogP contribution in [0.2, 0.25) is 0 Å². The second-order valence-corrected chi connectivity index (χ2v) is 16.0. The number of fused-ring (bicyclic) bond motifs is 6. The molecule has 1 unspecified atom stereocenters. The highest BCUT2D eigenvalue weighted by Crippen LogP contribution is 2.44. The number of hydrogen-bond acceptors (Lipinski definition) is 4. The zero-order chi connectivity index (χ0) is 41.0. The minimum atomic E-state index is -0.361. The zero-order valence-electron chi connectivity index (χ0n) is 33.9. The molecule has 0 radical (unpaired) electrons. The van der Waals surface area contributed by atoms with Crippen LogP contribution < -0.4 is 5.32 Å². The van der Waals surface area contributed by atoms with E-state index in [4.69, 9.17) is 14.4 Å². The standard InChI is InChI=1S/C57H40N4O/c1-5-18-37(19-6-1)42-28-17-29-43(38-20-7-2-8-21-38)54(42)41-32-33-50(48(34-41)57-59-55(39-22-9-3-10-23-39)58-56(60-57)40-24-11-4-12-25-40)61-49-30-15-13-26-44(49)46-35-47-45-27-14-16-31-52(45)62-53(47)36-51(46)61/h1-14,16-29,31-36,55H,15,30H2,(H,58,59,60). The molecule has 2 aromatic heterocycles. The third-order valence-electron chi connectivity index (χ3n) is 12.3. The molecule has 12 rings (SSSR count). The fourth-order valence-corrected chi connectivity index (χ4v) is 9.48. The summed E-state index contributed by atoms with van der Waals surface area (Å²) in [5.41, 5.74) is 16.3. The van der Waals surface area contributed by atoms with E-state index < -0.39 is 0 Å². The average Bonchev–Trinajstić information content (AvgIpc) is 3.88. The van der Waals surface area contributed by atoms with Gasteiger partial charge in [0.25, 0.3) is 0 Å². The van der Waals surface area contributed by atoms with Crippen LogP contribution >= 0.6 is 0 Å². The summed E-state index contributed by atoms with van der Waals surface area (Å²) in [4.78, 5) is 10.7. The molecule has 1 aliphatic carbocycles. The highest BCUT2D eigenvalue weighted by atomic mass is 16.3. The fraction of sp³-hybridized carbons (Fsp3) is 0.0526. The lowest BCUT2D eigenvalue weighted by molar-refractivity contribution is 0.669. The van der Waals surface area contributed by atoms with E-state index in [1.54, 1.807) is 0 Å². The Morgan fingerprint density at radius 2 is 1.19 bits per heavy atom. The van der Waals surface area contributed by atoms with Crippen molar-refractivity contribution in [2.45, 2.75) is 19.0 Å². The molecule has 5 heteroatoms. The van der Waals surface area contributed by atoms with Crippen molar-refractivity contribution in [2.24, 2.45) is 9.98 Å². The van der Waals surface area contributed by atoms with Gasteiger partial charge in [-0.1, -0.05) is 176 Å². The summed E-state index contributed by atoms with van der Waals surface area (Å²) in [6.45, 7) is 0. The summed E-state index contributed by atoms with van der Waals surface area (Å²) in [6.07, 6.45) is 6.12. The number of aliphatic imine (C=N–C) groups is 2. The Morgan fingerprint density at radius 1 is 0.532 bits per heavy atom. The lowest BCUT2D eigenvalue weighted by Gasteiger charge is -2.26. The first-order chi connectivity index (χ1) is 30.7. The molecule has 2 aliphatic rings. The van der Waals surface area contributed by atoms with Crippen LogP contribution in [0.3, 0.4) is 0 Å². The first-order valence-corrected chi connectivity index (χ1v) is 21.3. The molecule has 1 N–H and O–H groups in total. The number of benzene rings is 8. The number of allylic oxidation sites excluding steroid dienone is 1. The van der Waals surface area contributed by atoms with Crippen molar-refractivity contribution in [3.05, 3.63) is 228 Å². The van der Waals surface area contributed by atoms with Crippen LogP contribution in [0.25, 0.3) is 78.0 Å². The van der Waals surface area contributed by atoms with Crippen molar-refractivity contribution in [1.82, 2.24) is 9.88 Å². The number of aromatic nitrogens is 1. The van der Waals surface area contributed by atoms with Crippen LogP contribution in [0.5, 0.6) is 0 Å².